The fourth-order valence-corrected chi connectivity index (χ4v) is 3.75. The minimum Gasteiger partial charge on any atom is -0.287 e. The summed E-state index contributed by atoms with van der Waals surface area (Å²) in [7, 11) is 0. The summed E-state index contributed by atoms with van der Waals surface area (Å²) in [5, 5.41) is 0. The third-order valence-electron chi connectivity index (χ3n) is 5.08. The molecule has 2 heterocycles. The summed E-state index contributed by atoms with van der Waals surface area (Å²) in [6.45, 7) is 3.49. The Balaban J connectivity index is 1.60. The summed E-state index contributed by atoms with van der Waals surface area (Å²) in [5.41, 5.74) is 4.27. The van der Waals surface area contributed by atoms with Gasteiger partial charge in [-0.1, -0.05) is 42.5 Å². The largest absolute Gasteiger partial charge is 0.287 e. The fraction of sp³-hybridized carbons (Fsp3) is 0.300. The summed E-state index contributed by atoms with van der Waals surface area (Å²) in [6, 6.07) is 15.6. The summed E-state index contributed by atoms with van der Waals surface area (Å²) in [5.74, 6) is -0.188. The number of fused-ring (bicyclic) bond motifs is 1. The van der Waals surface area contributed by atoms with Crippen LogP contribution in [-0.4, -0.2) is 29.3 Å². The number of imide groups is 1. The van der Waals surface area contributed by atoms with Gasteiger partial charge in [0.15, 0.2) is 0 Å². The van der Waals surface area contributed by atoms with E-state index in [9.17, 15) is 9.59 Å². The van der Waals surface area contributed by atoms with Crippen molar-refractivity contribution < 1.29 is 9.59 Å². The molecular weight excluding hydrogens is 300 g/mol. The number of aryl methyl sites for hydroxylation is 1. The average molecular weight is 320 g/mol. The number of para-hydroxylation sites is 1. The van der Waals surface area contributed by atoms with Gasteiger partial charge in [-0.25, -0.2) is 4.90 Å². The van der Waals surface area contributed by atoms with Gasteiger partial charge >= 0.3 is 0 Å². The first-order valence-electron chi connectivity index (χ1n) is 8.38. The van der Waals surface area contributed by atoms with Crippen LogP contribution in [-0.2, 0) is 22.6 Å². The molecule has 2 aliphatic rings. The minimum atomic E-state index is -0.342. The molecule has 4 rings (SSSR count). The SMILES string of the molecule is Cc1ccccc1N1C(=O)C[C@@H](N2CCc3ccccc3C2)C1=O. The quantitative estimate of drug-likeness (QED) is 0.799. The number of anilines is 1. The molecule has 4 heteroatoms. The summed E-state index contributed by atoms with van der Waals surface area (Å²) >= 11 is 0. The van der Waals surface area contributed by atoms with E-state index < -0.39 is 0 Å². The van der Waals surface area contributed by atoms with Gasteiger partial charge in [-0.2, -0.15) is 0 Å². The monoisotopic (exact) mass is 320 g/mol. The van der Waals surface area contributed by atoms with Crippen molar-refractivity contribution in [3.05, 3.63) is 65.2 Å². The van der Waals surface area contributed by atoms with E-state index in [1.807, 2.05) is 37.3 Å². The average Bonchev–Trinajstić information content (AvgIpc) is 2.90. The van der Waals surface area contributed by atoms with E-state index in [1.54, 1.807) is 0 Å². The molecule has 4 nitrogen and oxygen atoms in total. The van der Waals surface area contributed by atoms with E-state index >= 15 is 0 Å². The molecule has 0 unspecified atom stereocenters. The predicted molar refractivity (Wildman–Crippen MR) is 92.6 cm³/mol. The van der Waals surface area contributed by atoms with Gasteiger partial charge in [-0.15, -0.1) is 0 Å². The van der Waals surface area contributed by atoms with Crippen LogP contribution in [0.3, 0.4) is 0 Å². The van der Waals surface area contributed by atoms with E-state index in [-0.39, 0.29) is 24.3 Å². The first-order chi connectivity index (χ1) is 11.6. The molecule has 2 amide bonds. The second kappa shape index (κ2) is 5.87. The lowest BCUT2D eigenvalue weighted by Gasteiger charge is -2.32. The Kier molecular flexibility index (Phi) is 3.69. The topological polar surface area (TPSA) is 40.6 Å². The highest BCUT2D eigenvalue weighted by atomic mass is 16.2. The highest BCUT2D eigenvalue weighted by molar-refractivity contribution is 6.22. The maximum absolute atomic E-state index is 12.9. The number of hydrogen-bond donors (Lipinski definition) is 0. The van der Waals surface area contributed by atoms with Crippen LogP contribution in [0.1, 0.15) is 23.1 Å². The van der Waals surface area contributed by atoms with Crippen LogP contribution in [0.25, 0.3) is 0 Å². The zero-order chi connectivity index (χ0) is 16.7. The number of amides is 2. The molecule has 2 aromatic rings. The Labute approximate surface area is 141 Å². The molecule has 2 aromatic carbocycles. The van der Waals surface area contributed by atoms with Crippen molar-refractivity contribution in [1.29, 1.82) is 0 Å². The van der Waals surface area contributed by atoms with Gasteiger partial charge in [-0.05, 0) is 36.1 Å². The lowest BCUT2D eigenvalue weighted by Crippen LogP contribution is -2.44. The Morgan fingerprint density at radius 1 is 0.958 bits per heavy atom. The van der Waals surface area contributed by atoms with Crippen LogP contribution in [0.15, 0.2) is 48.5 Å². The standard InChI is InChI=1S/C20H20N2O2/c1-14-6-2-5-9-17(14)22-19(23)12-18(20(22)24)21-11-10-15-7-3-4-8-16(15)13-21/h2-9,18H,10-13H2,1H3/t18-/m1/s1. The highest BCUT2D eigenvalue weighted by Crippen LogP contribution is 2.30. The number of nitrogens with zero attached hydrogens (tertiary/aromatic N) is 2. The van der Waals surface area contributed by atoms with Gasteiger partial charge in [-0.3, -0.25) is 14.5 Å². The maximum Gasteiger partial charge on any atom is 0.251 e. The van der Waals surface area contributed by atoms with Gasteiger partial charge in [0.05, 0.1) is 18.2 Å². The van der Waals surface area contributed by atoms with Crippen LogP contribution < -0.4 is 4.90 Å². The van der Waals surface area contributed by atoms with Gasteiger partial charge in [0.2, 0.25) is 5.91 Å². The van der Waals surface area contributed by atoms with Crippen LogP contribution >= 0.6 is 0 Å². The molecule has 122 valence electrons. The zero-order valence-corrected chi connectivity index (χ0v) is 13.7. The summed E-state index contributed by atoms with van der Waals surface area (Å²) in [4.78, 5) is 29.0. The Morgan fingerprint density at radius 3 is 2.46 bits per heavy atom. The number of carbonyl (C=O) groups excluding carboxylic acids is 2. The van der Waals surface area contributed by atoms with Crippen molar-refractivity contribution >= 4 is 17.5 Å². The van der Waals surface area contributed by atoms with Crippen molar-refractivity contribution in [2.45, 2.75) is 32.4 Å². The number of hydrogen-bond acceptors (Lipinski definition) is 3. The molecule has 2 aliphatic heterocycles. The number of carbonyl (C=O) groups is 2. The molecule has 0 aromatic heterocycles. The maximum atomic E-state index is 12.9. The van der Waals surface area contributed by atoms with E-state index in [1.165, 1.54) is 16.0 Å². The van der Waals surface area contributed by atoms with Crippen molar-refractivity contribution in [2.75, 3.05) is 11.4 Å². The summed E-state index contributed by atoms with van der Waals surface area (Å²) in [6.07, 6.45) is 1.20. The molecule has 0 N–H and O–H groups in total. The summed E-state index contributed by atoms with van der Waals surface area (Å²) < 4.78 is 0. The third kappa shape index (κ3) is 2.43. The number of benzene rings is 2. The van der Waals surface area contributed by atoms with Crippen LogP contribution in [0, 0.1) is 6.92 Å². The first-order valence-corrected chi connectivity index (χ1v) is 8.38. The van der Waals surface area contributed by atoms with Crippen molar-refractivity contribution in [3.63, 3.8) is 0 Å². The van der Waals surface area contributed by atoms with Gasteiger partial charge < -0.3 is 0 Å². The van der Waals surface area contributed by atoms with Crippen molar-refractivity contribution in [2.24, 2.45) is 0 Å². The van der Waals surface area contributed by atoms with Crippen molar-refractivity contribution in [1.82, 2.24) is 4.90 Å². The van der Waals surface area contributed by atoms with E-state index in [0.29, 0.717) is 5.69 Å². The molecule has 0 aliphatic carbocycles. The second-order valence-electron chi connectivity index (χ2n) is 6.56. The third-order valence-corrected chi connectivity index (χ3v) is 5.08. The van der Waals surface area contributed by atoms with Crippen LogP contribution in [0.4, 0.5) is 5.69 Å². The molecule has 0 saturated carbocycles. The fourth-order valence-electron chi connectivity index (χ4n) is 3.75. The minimum absolute atomic E-state index is 0.0892. The molecule has 1 saturated heterocycles. The molecular formula is C20H20N2O2. The predicted octanol–water partition coefficient (Wildman–Crippen LogP) is 2.69. The molecule has 0 radical (unpaired) electrons. The smallest absolute Gasteiger partial charge is 0.251 e. The van der Waals surface area contributed by atoms with Gasteiger partial charge in [0.1, 0.15) is 0 Å². The molecule has 0 bridgehead atoms. The normalized spacial score (nSPS) is 21.2. The highest BCUT2D eigenvalue weighted by Gasteiger charge is 2.43. The second-order valence-corrected chi connectivity index (χ2v) is 6.56. The van der Waals surface area contributed by atoms with E-state index in [4.69, 9.17) is 0 Å². The van der Waals surface area contributed by atoms with Gasteiger partial charge in [0, 0.05) is 13.1 Å². The van der Waals surface area contributed by atoms with Crippen LogP contribution in [0.2, 0.25) is 0 Å². The van der Waals surface area contributed by atoms with Crippen molar-refractivity contribution in [3.8, 4) is 0 Å². The lowest BCUT2D eigenvalue weighted by molar-refractivity contribution is -0.123. The Bertz CT molecular complexity index is 815. The first kappa shape index (κ1) is 15.1. The zero-order valence-electron chi connectivity index (χ0n) is 13.7. The lowest BCUT2D eigenvalue weighted by atomic mass is 9.98. The van der Waals surface area contributed by atoms with E-state index in [2.05, 4.69) is 23.1 Å². The van der Waals surface area contributed by atoms with Crippen LogP contribution in [0.5, 0.6) is 0 Å². The molecule has 1 atom stereocenters. The van der Waals surface area contributed by atoms with Gasteiger partial charge in [0.25, 0.3) is 5.91 Å². The molecule has 24 heavy (non-hydrogen) atoms. The Morgan fingerprint density at radius 2 is 1.67 bits per heavy atom. The molecule has 0 spiro atoms. The molecule has 1 fully saturated rings. The Hall–Kier alpha value is -2.46. The van der Waals surface area contributed by atoms with E-state index in [0.717, 1.165) is 25.1 Å². The number of rotatable bonds is 2.